The molecule has 0 fully saturated rings. The van der Waals surface area contributed by atoms with Crippen molar-refractivity contribution in [3.05, 3.63) is 71.8 Å². The Hall–Kier alpha value is -2.30. The van der Waals surface area contributed by atoms with E-state index in [-0.39, 0.29) is 12.9 Å². The zero-order valence-corrected chi connectivity index (χ0v) is 15.4. The Kier molecular flexibility index (Phi) is 6.31. The summed E-state index contributed by atoms with van der Waals surface area (Å²) in [4.78, 5) is 2.29. The molecule has 0 amide bonds. The molecule has 0 bridgehead atoms. The number of ether oxygens (including phenoxy) is 2. The highest BCUT2D eigenvalue weighted by Gasteiger charge is 2.17. The molecule has 2 aromatic rings. The summed E-state index contributed by atoms with van der Waals surface area (Å²) >= 11 is 0. The minimum absolute atomic E-state index is 0.284. The van der Waals surface area contributed by atoms with Gasteiger partial charge < -0.3 is 14.6 Å². The van der Waals surface area contributed by atoms with Gasteiger partial charge in [-0.15, -0.1) is 6.58 Å². The lowest BCUT2D eigenvalue weighted by atomic mass is 10.1. The van der Waals surface area contributed by atoms with Gasteiger partial charge in [0.05, 0.1) is 6.10 Å². The maximum atomic E-state index is 10.4. The molecule has 0 aliphatic carbocycles. The smallest absolute Gasteiger partial charge is 0.231 e. The highest BCUT2D eigenvalue weighted by atomic mass is 16.7. The molecular weight excluding hydrogens is 326 g/mol. The zero-order chi connectivity index (χ0) is 18.4. The summed E-state index contributed by atoms with van der Waals surface area (Å²) in [6, 6.07) is 14.4. The van der Waals surface area contributed by atoms with E-state index in [1.54, 1.807) is 0 Å². The second kappa shape index (κ2) is 8.88. The van der Waals surface area contributed by atoms with E-state index in [0.29, 0.717) is 6.54 Å². The molecule has 138 valence electrons. The summed E-state index contributed by atoms with van der Waals surface area (Å²) in [5, 5.41) is 10.4. The Balaban J connectivity index is 1.73. The average Bonchev–Trinajstić information content (AvgIpc) is 3.09. The van der Waals surface area contributed by atoms with Crippen molar-refractivity contribution in [3.8, 4) is 11.5 Å². The number of benzene rings is 2. The zero-order valence-electron chi connectivity index (χ0n) is 15.4. The Morgan fingerprint density at radius 3 is 2.77 bits per heavy atom. The molecule has 0 spiro atoms. The van der Waals surface area contributed by atoms with E-state index in [0.717, 1.165) is 43.0 Å². The van der Waals surface area contributed by atoms with Crippen LogP contribution in [0.2, 0.25) is 0 Å². The standard InChI is InChI=1S/C22H27NO3/c1-3-4-9-20(24)15-23(14-19-8-6-5-7-17(19)2)13-18-10-11-21-22(12-18)26-16-25-21/h3,5-8,10-12,20,24H,1,4,9,13-16H2,2H3. The molecule has 26 heavy (non-hydrogen) atoms. The highest BCUT2D eigenvalue weighted by molar-refractivity contribution is 5.44. The van der Waals surface area contributed by atoms with Crippen LogP contribution in [0.4, 0.5) is 0 Å². The molecule has 4 nitrogen and oxygen atoms in total. The van der Waals surface area contributed by atoms with Crippen molar-refractivity contribution in [2.24, 2.45) is 0 Å². The van der Waals surface area contributed by atoms with Crippen LogP contribution in [0, 0.1) is 6.92 Å². The fourth-order valence-electron chi connectivity index (χ4n) is 3.21. The van der Waals surface area contributed by atoms with Gasteiger partial charge in [-0.2, -0.15) is 0 Å². The summed E-state index contributed by atoms with van der Waals surface area (Å²) in [7, 11) is 0. The highest BCUT2D eigenvalue weighted by Crippen LogP contribution is 2.33. The van der Waals surface area contributed by atoms with E-state index in [1.165, 1.54) is 11.1 Å². The predicted octanol–water partition coefficient (Wildman–Crippen LogP) is 4.05. The Labute approximate surface area is 155 Å². The lowest BCUT2D eigenvalue weighted by molar-refractivity contribution is 0.0982. The fourth-order valence-corrected chi connectivity index (χ4v) is 3.21. The largest absolute Gasteiger partial charge is 0.454 e. The SMILES string of the molecule is C=CCCC(O)CN(Cc1ccc2c(c1)OCO2)Cc1ccccc1C. The Morgan fingerprint density at radius 2 is 1.96 bits per heavy atom. The molecule has 3 rings (SSSR count). The maximum absolute atomic E-state index is 10.4. The van der Waals surface area contributed by atoms with Crippen LogP contribution in [0.3, 0.4) is 0 Å². The number of hydrogen-bond donors (Lipinski definition) is 1. The third kappa shape index (κ3) is 4.87. The van der Waals surface area contributed by atoms with Crippen LogP contribution in [-0.4, -0.2) is 29.4 Å². The topological polar surface area (TPSA) is 41.9 Å². The maximum Gasteiger partial charge on any atom is 0.231 e. The molecule has 0 aromatic heterocycles. The van der Waals surface area contributed by atoms with Gasteiger partial charge in [0.15, 0.2) is 11.5 Å². The van der Waals surface area contributed by atoms with Crippen molar-refractivity contribution in [1.29, 1.82) is 0 Å². The second-order valence-electron chi connectivity index (χ2n) is 6.80. The first kappa shape index (κ1) is 18.5. The van der Waals surface area contributed by atoms with E-state index in [2.05, 4.69) is 48.7 Å². The van der Waals surface area contributed by atoms with Gasteiger partial charge in [-0.1, -0.05) is 36.4 Å². The first-order valence-corrected chi connectivity index (χ1v) is 9.10. The normalized spacial score (nSPS) is 13.8. The van der Waals surface area contributed by atoms with Crippen molar-refractivity contribution in [2.45, 2.75) is 39.0 Å². The van der Waals surface area contributed by atoms with Gasteiger partial charge in [0.1, 0.15) is 0 Å². The third-order valence-corrected chi connectivity index (χ3v) is 4.67. The van der Waals surface area contributed by atoms with Crippen molar-refractivity contribution in [1.82, 2.24) is 4.90 Å². The van der Waals surface area contributed by atoms with E-state index in [4.69, 9.17) is 9.47 Å². The summed E-state index contributed by atoms with van der Waals surface area (Å²) in [6.07, 6.45) is 3.04. The van der Waals surface area contributed by atoms with Crippen LogP contribution in [0.1, 0.15) is 29.5 Å². The molecule has 0 saturated heterocycles. The van der Waals surface area contributed by atoms with Crippen LogP contribution >= 0.6 is 0 Å². The molecule has 4 heteroatoms. The van der Waals surface area contributed by atoms with Gasteiger partial charge in [0.2, 0.25) is 6.79 Å². The monoisotopic (exact) mass is 353 g/mol. The van der Waals surface area contributed by atoms with Crippen LogP contribution in [0.15, 0.2) is 55.1 Å². The number of aryl methyl sites for hydroxylation is 1. The number of aliphatic hydroxyl groups is 1. The summed E-state index contributed by atoms with van der Waals surface area (Å²) in [5.41, 5.74) is 3.70. The predicted molar refractivity (Wildman–Crippen MR) is 103 cm³/mol. The number of fused-ring (bicyclic) bond motifs is 1. The number of nitrogens with zero attached hydrogens (tertiary/aromatic N) is 1. The first-order valence-electron chi connectivity index (χ1n) is 9.10. The minimum atomic E-state index is -0.369. The van der Waals surface area contributed by atoms with Crippen LogP contribution in [-0.2, 0) is 13.1 Å². The second-order valence-corrected chi connectivity index (χ2v) is 6.80. The molecule has 1 heterocycles. The van der Waals surface area contributed by atoms with Gasteiger partial charge >= 0.3 is 0 Å². The van der Waals surface area contributed by atoms with Crippen molar-refractivity contribution < 1.29 is 14.6 Å². The number of allylic oxidation sites excluding steroid dienone is 1. The molecule has 2 aromatic carbocycles. The quantitative estimate of drug-likeness (QED) is 0.691. The molecule has 1 unspecified atom stereocenters. The third-order valence-electron chi connectivity index (χ3n) is 4.67. The van der Waals surface area contributed by atoms with E-state index >= 15 is 0 Å². The van der Waals surface area contributed by atoms with Crippen LogP contribution in [0.5, 0.6) is 11.5 Å². The summed E-state index contributed by atoms with van der Waals surface area (Å²) < 4.78 is 10.9. The van der Waals surface area contributed by atoms with Crippen molar-refractivity contribution >= 4 is 0 Å². The van der Waals surface area contributed by atoms with Crippen LogP contribution in [0.25, 0.3) is 0 Å². The average molecular weight is 353 g/mol. The number of hydrogen-bond acceptors (Lipinski definition) is 4. The van der Waals surface area contributed by atoms with Crippen molar-refractivity contribution in [3.63, 3.8) is 0 Å². The molecule has 1 aliphatic heterocycles. The number of rotatable bonds is 9. The molecule has 1 atom stereocenters. The van der Waals surface area contributed by atoms with E-state index in [9.17, 15) is 5.11 Å². The molecule has 0 saturated carbocycles. The summed E-state index contributed by atoms with van der Waals surface area (Å²) in [6.45, 7) is 8.32. The lowest BCUT2D eigenvalue weighted by Crippen LogP contribution is -2.32. The summed E-state index contributed by atoms with van der Waals surface area (Å²) in [5.74, 6) is 1.59. The molecule has 1 N–H and O–H groups in total. The van der Waals surface area contributed by atoms with Crippen molar-refractivity contribution in [2.75, 3.05) is 13.3 Å². The van der Waals surface area contributed by atoms with E-state index < -0.39 is 0 Å². The van der Waals surface area contributed by atoms with Crippen LogP contribution < -0.4 is 9.47 Å². The first-order chi connectivity index (χ1) is 12.7. The van der Waals surface area contributed by atoms with Gasteiger partial charge in [-0.05, 0) is 48.6 Å². The minimum Gasteiger partial charge on any atom is -0.454 e. The van der Waals surface area contributed by atoms with Gasteiger partial charge in [-0.25, -0.2) is 0 Å². The number of aliphatic hydroxyl groups excluding tert-OH is 1. The van der Waals surface area contributed by atoms with Gasteiger partial charge in [-0.3, -0.25) is 4.90 Å². The molecule has 0 radical (unpaired) electrons. The molecule has 1 aliphatic rings. The fraction of sp³-hybridized carbons (Fsp3) is 0.364. The van der Waals surface area contributed by atoms with E-state index in [1.807, 2.05) is 18.2 Å². The Bertz CT molecular complexity index is 744. The Morgan fingerprint density at radius 1 is 1.15 bits per heavy atom. The van der Waals surface area contributed by atoms with Gasteiger partial charge in [0, 0.05) is 19.6 Å². The van der Waals surface area contributed by atoms with Gasteiger partial charge in [0.25, 0.3) is 0 Å². The molecular formula is C22H27NO3. The lowest BCUT2D eigenvalue weighted by Gasteiger charge is -2.26.